The normalized spacial score (nSPS) is 12.4. The molecule has 0 aliphatic carbocycles. The Kier molecular flexibility index (Phi) is 5.17. The van der Waals surface area contributed by atoms with Gasteiger partial charge in [0.15, 0.2) is 0 Å². The molecular formula is C17H20BrN. The third-order valence-corrected chi connectivity index (χ3v) is 4.41. The van der Waals surface area contributed by atoms with Gasteiger partial charge in [-0.3, -0.25) is 0 Å². The van der Waals surface area contributed by atoms with E-state index >= 15 is 0 Å². The molecule has 0 saturated heterocycles. The maximum absolute atomic E-state index is 3.72. The van der Waals surface area contributed by atoms with Crippen LogP contribution in [0.5, 0.6) is 0 Å². The van der Waals surface area contributed by atoms with Gasteiger partial charge in [0.05, 0.1) is 0 Å². The van der Waals surface area contributed by atoms with Crippen LogP contribution in [0.25, 0.3) is 0 Å². The molecule has 0 radical (unpaired) electrons. The highest BCUT2D eigenvalue weighted by molar-refractivity contribution is 9.10. The van der Waals surface area contributed by atoms with Crippen molar-refractivity contribution in [3.8, 4) is 0 Å². The first-order valence-corrected chi connectivity index (χ1v) is 7.54. The lowest BCUT2D eigenvalue weighted by atomic mass is 9.97. The minimum atomic E-state index is 0.349. The summed E-state index contributed by atoms with van der Waals surface area (Å²) < 4.78 is 1.22. The van der Waals surface area contributed by atoms with Crippen molar-refractivity contribution in [3.63, 3.8) is 0 Å². The highest BCUT2D eigenvalue weighted by Crippen LogP contribution is 2.28. The van der Waals surface area contributed by atoms with Crippen molar-refractivity contribution < 1.29 is 0 Å². The largest absolute Gasteiger partial charge is 0.310 e. The summed E-state index contributed by atoms with van der Waals surface area (Å²) in [7, 11) is 0. The van der Waals surface area contributed by atoms with Crippen LogP contribution in [0, 0.1) is 6.92 Å². The van der Waals surface area contributed by atoms with Crippen LogP contribution in [0.2, 0.25) is 0 Å². The number of aryl methyl sites for hydroxylation is 1. The summed E-state index contributed by atoms with van der Waals surface area (Å²) in [4.78, 5) is 0. The molecule has 1 nitrogen and oxygen atoms in total. The molecule has 0 spiro atoms. The van der Waals surface area contributed by atoms with Gasteiger partial charge in [-0.05, 0) is 36.6 Å². The summed E-state index contributed by atoms with van der Waals surface area (Å²) in [5.41, 5.74) is 3.99. The Morgan fingerprint density at radius 1 is 1.05 bits per heavy atom. The van der Waals surface area contributed by atoms with E-state index in [0.29, 0.717) is 6.04 Å². The molecule has 0 amide bonds. The number of hydrogen-bond donors (Lipinski definition) is 1. The summed E-state index contributed by atoms with van der Waals surface area (Å²) in [5, 5.41) is 3.59. The van der Waals surface area contributed by atoms with Crippen molar-refractivity contribution in [1.82, 2.24) is 5.32 Å². The number of hydrogen-bond acceptors (Lipinski definition) is 1. The minimum Gasteiger partial charge on any atom is -0.310 e. The fourth-order valence-corrected chi connectivity index (χ4v) is 2.87. The molecule has 19 heavy (non-hydrogen) atoms. The molecule has 2 aromatic carbocycles. The van der Waals surface area contributed by atoms with E-state index < -0.39 is 0 Å². The van der Waals surface area contributed by atoms with Crippen molar-refractivity contribution in [2.75, 3.05) is 6.54 Å². The van der Waals surface area contributed by atoms with Crippen molar-refractivity contribution >= 4 is 15.9 Å². The molecule has 0 heterocycles. The molecule has 0 saturated carbocycles. The van der Waals surface area contributed by atoms with Crippen LogP contribution < -0.4 is 5.32 Å². The maximum atomic E-state index is 3.72. The van der Waals surface area contributed by atoms with Crippen LogP contribution in [0.15, 0.2) is 53.0 Å². The highest BCUT2D eigenvalue weighted by Gasteiger charge is 2.14. The van der Waals surface area contributed by atoms with Gasteiger partial charge in [0, 0.05) is 10.5 Å². The number of rotatable bonds is 5. The van der Waals surface area contributed by atoms with E-state index in [2.05, 4.69) is 83.6 Å². The lowest BCUT2D eigenvalue weighted by molar-refractivity contribution is 0.547. The first kappa shape index (κ1) is 14.3. The third-order valence-electron chi connectivity index (χ3n) is 3.33. The Hall–Kier alpha value is -1.12. The SMILES string of the molecule is CCNC(Cc1ccccc1)c1cccc(C)c1Br. The monoisotopic (exact) mass is 317 g/mol. The van der Waals surface area contributed by atoms with Crippen molar-refractivity contribution in [3.05, 3.63) is 69.7 Å². The minimum absolute atomic E-state index is 0.349. The average Bonchev–Trinajstić information content (AvgIpc) is 2.43. The second-order valence-corrected chi connectivity index (χ2v) is 5.57. The number of benzene rings is 2. The lowest BCUT2D eigenvalue weighted by Crippen LogP contribution is -2.23. The van der Waals surface area contributed by atoms with E-state index in [-0.39, 0.29) is 0 Å². The van der Waals surface area contributed by atoms with E-state index in [1.165, 1.54) is 21.2 Å². The molecule has 0 aliphatic rings. The van der Waals surface area contributed by atoms with Crippen LogP contribution >= 0.6 is 15.9 Å². The Labute approximate surface area is 124 Å². The predicted molar refractivity (Wildman–Crippen MR) is 85.4 cm³/mol. The molecule has 2 aromatic rings. The smallest absolute Gasteiger partial charge is 0.0372 e. The van der Waals surface area contributed by atoms with Gasteiger partial charge < -0.3 is 5.32 Å². The lowest BCUT2D eigenvalue weighted by Gasteiger charge is -2.21. The molecule has 0 aliphatic heterocycles. The van der Waals surface area contributed by atoms with E-state index in [4.69, 9.17) is 0 Å². The highest BCUT2D eigenvalue weighted by atomic mass is 79.9. The summed E-state index contributed by atoms with van der Waals surface area (Å²) >= 11 is 3.72. The summed E-state index contributed by atoms with van der Waals surface area (Å²) in [6.45, 7) is 5.26. The van der Waals surface area contributed by atoms with E-state index in [1.54, 1.807) is 0 Å². The molecule has 100 valence electrons. The summed E-state index contributed by atoms with van der Waals surface area (Å²) in [6.07, 6.45) is 1.01. The quantitative estimate of drug-likeness (QED) is 0.846. The van der Waals surface area contributed by atoms with Crippen LogP contribution in [0.3, 0.4) is 0 Å². The fourth-order valence-electron chi connectivity index (χ4n) is 2.33. The second-order valence-electron chi connectivity index (χ2n) is 4.78. The van der Waals surface area contributed by atoms with Crippen LogP contribution in [0.4, 0.5) is 0 Å². The van der Waals surface area contributed by atoms with Gasteiger partial charge in [0.25, 0.3) is 0 Å². The van der Waals surface area contributed by atoms with E-state index in [0.717, 1.165) is 13.0 Å². The molecule has 1 atom stereocenters. The van der Waals surface area contributed by atoms with Crippen molar-refractivity contribution in [1.29, 1.82) is 0 Å². The van der Waals surface area contributed by atoms with E-state index in [9.17, 15) is 0 Å². The van der Waals surface area contributed by atoms with Gasteiger partial charge in [-0.15, -0.1) is 0 Å². The Balaban J connectivity index is 2.27. The van der Waals surface area contributed by atoms with Gasteiger partial charge in [-0.1, -0.05) is 71.4 Å². The fraction of sp³-hybridized carbons (Fsp3) is 0.294. The summed E-state index contributed by atoms with van der Waals surface area (Å²) in [6, 6.07) is 17.5. The first-order valence-electron chi connectivity index (χ1n) is 6.74. The van der Waals surface area contributed by atoms with Crippen molar-refractivity contribution in [2.45, 2.75) is 26.3 Å². The first-order chi connectivity index (χ1) is 9.22. The Morgan fingerprint density at radius 2 is 1.79 bits per heavy atom. The Morgan fingerprint density at radius 3 is 2.47 bits per heavy atom. The molecular weight excluding hydrogens is 298 g/mol. The average molecular weight is 318 g/mol. The van der Waals surface area contributed by atoms with Gasteiger partial charge in [-0.2, -0.15) is 0 Å². The van der Waals surface area contributed by atoms with E-state index in [1.807, 2.05) is 0 Å². The molecule has 0 fully saturated rings. The molecule has 1 N–H and O–H groups in total. The predicted octanol–water partition coefficient (Wildman–Crippen LogP) is 4.65. The van der Waals surface area contributed by atoms with Crippen molar-refractivity contribution in [2.24, 2.45) is 0 Å². The molecule has 0 bridgehead atoms. The second kappa shape index (κ2) is 6.88. The van der Waals surface area contributed by atoms with Gasteiger partial charge in [-0.25, -0.2) is 0 Å². The number of nitrogens with one attached hydrogen (secondary N) is 1. The van der Waals surface area contributed by atoms with Gasteiger partial charge >= 0.3 is 0 Å². The summed E-state index contributed by atoms with van der Waals surface area (Å²) in [5.74, 6) is 0. The molecule has 1 unspecified atom stereocenters. The number of likely N-dealkylation sites (N-methyl/N-ethyl adjacent to an activating group) is 1. The van der Waals surface area contributed by atoms with Gasteiger partial charge in [0.2, 0.25) is 0 Å². The van der Waals surface area contributed by atoms with Crippen LogP contribution in [-0.2, 0) is 6.42 Å². The maximum Gasteiger partial charge on any atom is 0.0372 e. The molecule has 2 heteroatoms. The zero-order chi connectivity index (χ0) is 13.7. The van der Waals surface area contributed by atoms with Gasteiger partial charge in [0.1, 0.15) is 0 Å². The zero-order valence-corrected chi connectivity index (χ0v) is 13.1. The van der Waals surface area contributed by atoms with Crippen LogP contribution in [0.1, 0.15) is 29.7 Å². The molecule has 2 rings (SSSR count). The topological polar surface area (TPSA) is 12.0 Å². The van der Waals surface area contributed by atoms with Crippen LogP contribution in [-0.4, -0.2) is 6.54 Å². The Bertz CT molecular complexity index is 522. The zero-order valence-electron chi connectivity index (χ0n) is 11.5. The molecule has 0 aromatic heterocycles. The third kappa shape index (κ3) is 3.68. The number of halogens is 1. The standard InChI is InChI=1S/C17H20BrN/c1-3-19-16(12-14-9-5-4-6-10-14)15-11-7-8-13(2)17(15)18/h4-11,16,19H,3,12H2,1-2H3.